The first-order valence-corrected chi connectivity index (χ1v) is 17.0. The minimum Gasteiger partial charge on any atom is -0.490 e. The van der Waals surface area contributed by atoms with E-state index in [-0.39, 0.29) is 11.3 Å². The van der Waals surface area contributed by atoms with Gasteiger partial charge in [-0.3, -0.25) is 9.52 Å². The van der Waals surface area contributed by atoms with Gasteiger partial charge in [-0.05, 0) is 104 Å². The summed E-state index contributed by atoms with van der Waals surface area (Å²) < 4.78 is 22.4. The molecule has 1 unspecified atom stereocenters. The third-order valence-electron chi connectivity index (χ3n) is 9.87. The lowest BCUT2D eigenvalue weighted by atomic mass is 9.65. The molecule has 0 saturated heterocycles. The monoisotopic (exact) mass is 568 g/mol. The first-order valence-electron chi connectivity index (χ1n) is 14.7. The van der Waals surface area contributed by atoms with Crippen LogP contribution in [0.4, 0.5) is 5.69 Å². The Morgan fingerprint density at radius 2 is 1.97 bits per heavy atom. The summed E-state index contributed by atoms with van der Waals surface area (Å²) in [5.41, 5.74) is 4.04. The Hall–Kier alpha value is -2.18. The lowest BCUT2D eigenvalue weighted by Crippen LogP contribution is -2.49. The van der Waals surface area contributed by atoms with Crippen LogP contribution in [0.15, 0.2) is 36.4 Å². The highest BCUT2D eigenvalue weighted by Gasteiger charge is 2.44. The van der Waals surface area contributed by atoms with Gasteiger partial charge in [0.1, 0.15) is 5.75 Å². The van der Waals surface area contributed by atoms with Gasteiger partial charge in [-0.15, -0.1) is 0 Å². The summed E-state index contributed by atoms with van der Waals surface area (Å²) in [6.45, 7) is 4.84. The van der Waals surface area contributed by atoms with Crippen LogP contribution in [0.3, 0.4) is 0 Å². The van der Waals surface area contributed by atoms with E-state index in [0.717, 1.165) is 74.0 Å². The van der Waals surface area contributed by atoms with Crippen molar-refractivity contribution < 1.29 is 13.7 Å². The van der Waals surface area contributed by atoms with Gasteiger partial charge in [0, 0.05) is 44.6 Å². The van der Waals surface area contributed by atoms with Crippen LogP contribution in [-0.4, -0.2) is 41.4 Å². The molecule has 0 aromatic heterocycles. The molecule has 2 bridgehead atoms. The standard InChI is InChI=1S/C32H41ClN2O3S/c1-22-7-4-3-5-16-39(2,37)34-31(36)24-10-14-30-29(18-24)35(19-25-9-12-27(22)25)20-32(21-38-30)15-6-8-23-17-26(33)11-13-28(23)32/h10-11,13-14,17-18,22,25,27H,2-9,12,15-16,19-21H2,1H3,(H,34,36,37)/t22-,25-,27-,32-,39?/m0/s1. The third-order valence-corrected chi connectivity index (χ3v) is 11.6. The molecule has 5 nitrogen and oxygen atoms in total. The van der Waals surface area contributed by atoms with Gasteiger partial charge in [-0.1, -0.05) is 43.9 Å². The summed E-state index contributed by atoms with van der Waals surface area (Å²) in [7, 11) is -2.69. The largest absolute Gasteiger partial charge is 0.490 e. The van der Waals surface area contributed by atoms with Gasteiger partial charge in [-0.2, -0.15) is 0 Å². The highest BCUT2D eigenvalue weighted by Crippen LogP contribution is 2.47. The molecule has 4 aliphatic rings. The van der Waals surface area contributed by atoms with Gasteiger partial charge in [0.2, 0.25) is 0 Å². The van der Waals surface area contributed by atoms with Crippen LogP contribution in [0.1, 0.15) is 79.8 Å². The molecule has 6 rings (SSSR count). The highest BCUT2D eigenvalue weighted by atomic mass is 35.5. The molecule has 2 aromatic carbocycles. The predicted molar refractivity (Wildman–Crippen MR) is 162 cm³/mol. The van der Waals surface area contributed by atoms with Gasteiger partial charge < -0.3 is 9.64 Å². The van der Waals surface area contributed by atoms with E-state index in [1.807, 2.05) is 18.2 Å². The summed E-state index contributed by atoms with van der Waals surface area (Å²) in [4.78, 5) is 15.8. The molecule has 1 N–H and O–H groups in total. The van der Waals surface area contributed by atoms with Crippen LogP contribution in [0.2, 0.25) is 5.02 Å². The van der Waals surface area contributed by atoms with Crippen LogP contribution in [-0.2, 0) is 21.5 Å². The molecular formula is C32H41ClN2O3S. The second kappa shape index (κ2) is 10.7. The molecular weight excluding hydrogens is 528 g/mol. The molecule has 0 radical (unpaired) electrons. The van der Waals surface area contributed by atoms with Crippen molar-refractivity contribution in [3.8, 4) is 5.75 Å². The molecule has 2 heterocycles. The normalized spacial score (nSPS) is 33.1. The van der Waals surface area contributed by atoms with E-state index in [1.165, 1.54) is 30.4 Å². The quantitative estimate of drug-likeness (QED) is 0.373. The van der Waals surface area contributed by atoms with Gasteiger partial charge in [-0.25, -0.2) is 4.21 Å². The topological polar surface area (TPSA) is 58.6 Å². The zero-order valence-corrected chi connectivity index (χ0v) is 24.6. The Morgan fingerprint density at radius 3 is 2.79 bits per heavy atom. The molecule has 1 amide bonds. The summed E-state index contributed by atoms with van der Waals surface area (Å²) in [5, 5.41) is 0.789. The fourth-order valence-corrected chi connectivity index (χ4v) is 9.00. The lowest BCUT2D eigenvalue weighted by molar-refractivity contribution is 0.0982. The van der Waals surface area contributed by atoms with Crippen molar-refractivity contribution in [3.05, 3.63) is 58.1 Å². The van der Waals surface area contributed by atoms with Crippen LogP contribution >= 0.6 is 11.6 Å². The number of amides is 1. The Balaban J connectivity index is 1.40. The van der Waals surface area contributed by atoms with Crippen molar-refractivity contribution >= 4 is 38.8 Å². The van der Waals surface area contributed by atoms with Crippen LogP contribution in [0.5, 0.6) is 5.75 Å². The van der Waals surface area contributed by atoms with E-state index in [2.05, 4.69) is 34.5 Å². The van der Waals surface area contributed by atoms with Gasteiger partial charge in [0.05, 0.1) is 12.3 Å². The second-order valence-electron chi connectivity index (χ2n) is 12.6. The summed E-state index contributed by atoms with van der Waals surface area (Å²) in [6, 6.07) is 12.0. The number of benzene rings is 2. The van der Waals surface area contributed by atoms with E-state index in [0.29, 0.717) is 29.8 Å². The van der Waals surface area contributed by atoms with Gasteiger partial charge in [0.15, 0.2) is 0 Å². The fourth-order valence-electron chi connectivity index (χ4n) is 7.58. The summed E-state index contributed by atoms with van der Waals surface area (Å²) in [6.07, 6.45) is 9.95. The highest BCUT2D eigenvalue weighted by molar-refractivity contribution is 7.99. The zero-order valence-electron chi connectivity index (χ0n) is 23.1. The Labute approximate surface area is 238 Å². The van der Waals surface area contributed by atoms with Gasteiger partial charge in [0.25, 0.3) is 5.91 Å². The molecule has 2 aliphatic heterocycles. The van der Waals surface area contributed by atoms with E-state index in [9.17, 15) is 9.00 Å². The number of hydrogen-bond acceptors (Lipinski definition) is 4. The molecule has 39 heavy (non-hydrogen) atoms. The maximum absolute atomic E-state index is 13.3. The predicted octanol–water partition coefficient (Wildman–Crippen LogP) is 6.41. The zero-order chi connectivity index (χ0) is 27.2. The molecule has 5 atom stereocenters. The average Bonchev–Trinajstić information content (AvgIpc) is 3.02. The number of ether oxygens (including phenoxy) is 1. The second-order valence-corrected chi connectivity index (χ2v) is 15.2. The van der Waals surface area contributed by atoms with Crippen LogP contribution in [0.25, 0.3) is 0 Å². The minimum absolute atomic E-state index is 0.132. The number of nitrogens with zero attached hydrogens (tertiary/aromatic N) is 1. The molecule has 2 aromatic rings. The van der Waals surface area contributed by atoms with Crippen molar-refractivity contribution in [1.29, 1.82) is 0 Å². The molecule has 210 valence electrons. The maximum atomic E-state index is 13.3. The van der Waals surface area contributed by atoms with Crippen molar-refractivity contribution in [3.63, 3.8) is 0 Å². The molecule has 1 spiro atoms. The molecule has 1 fully saturated rings. The molecule has 2 aliphatic carbocycles. The molecule has 7 heteroatoms. The van der Waals surface area contributed by atoms with Crippen LogP contribution < -0.4 is 14.4 Å². The Morgan fingerprint density at radius 1 is 1.10 bits per heavy atom. The SMILES string of the molecule is C=S1(=O)CCCCC[C@H](C)[C@@H]2CC[C@H]2CN2C[C@@]3(CCCc4cc(Cl)ccc43)COc3ccc(cc32)C(=O)N1. The number of fused-ring (bicyclic) bond motifs is 4. The number of nitrogens with one attached hydrogen (secondary N) is 1. The van der Waals surface area contributed by atoms with E-state index < -0.39 is 9.71 Å². The Kier molecular flexibility index (Phi) is 7.39. The molecule has 1 saturated carbocycles. The van der Waals surface area contributed by atoms with E-state index in [1.54, 1.807) is 6.07 Å². The average molecular weight is 569 g/mol. The van der Waals surface area contributed by atoms with Crippen molar-refractivity contribution in [2.75, 3.05) is 30.3 Å². The maximum Gasteiger partial charge on any atom is 0.262 e. The van der Waals surface area contributed by atoms with Crippen molar-refractivity contribution in [2.24, 2.45) is 17.8 Å². The fraction of sp³-hybridized carbons (Fsp3) is 0.562. The van der Waals surface area contributed by atoms with E-state index in [4.69, 9.17) is 16.3 Å². The van der Waals surface area contributed by atoms with Crippen molar-refractivity contribution in [1.82, 2.24) is 4.72 Å². The first-order chi connectivity index (χ1) is 18.7. The number of halogens is 1. The number of aryl methyl sites for hydroxylation is 1. The van der Waals surface area contributed by atoms with Gasteiger partial charge >= 0.3 is 0 Å². The number of rotatable bonds is 0. The number of carbonyl (C=O) groups is 1. The first kappa shape index (κ1) is 27.0. The summed E-state index contributed by atoms with van der Waals surface area (Å²) >= 11 is 6.41. The van der Waals surface area contributed by atoms with E-state index >= 15 is 0 Å². The lowest BCUT2D eigenvalue weighted by Gasteiger charge is -2.46. The summed E-state index contributed by atoms with van der Waals surface area (Å²) in [5.74, 6) is 6.85. The third kappa shape index (κ3) is 5.44. The minimum atomic E-state index is -2.69. The smallest absolute Gasteiger partial charge is 0.262 e. The van der Waals surface area contributed by atoms with Crippen LogP contribution in [0, 0.1) is 17.8 Å². The Bertz CT molecular complexity index is 1360. The number of anilines is 1. The number of hydrogen-bond donors (Lipinski definition) is 1. The van der Waals surface area contributed by atoms with Crippen molar-refractivity contribution in [2.45, 2.75) is 70.1 Å². The number of carbonyl (C=O) groups excluding carboxylic acids is 1.